The van der Waals surface area contributed by atoms with Gasteiger partial charge in [-0.05, 0) is 29.7 Å². The third kappa shape index (κ3) is 5.33. The highest BCUT2D eigenvalue weighted by molar-refractivity contribution is 5.71. The maximum Gasteiger partial charge on any atom is 0.416 e. The van der Waals surface area contributed by atoms with E-state index < -0.39 is 11.7 Å². The number of benzene rings is 2. The molecule has 0 radical (unpaired) electrons. The highest BCUT2D eigenvalue weighted by atomic mass is 19.4. The van der Waals surface area contributed by atoms with Crippen LogP contribution in [0, 0.1) is 5.41 Å². The lowest BCUT2D eigenvalue weighted by Crippen LogP contribution is -2.36. The fourth-order valence-corrected chi connectivity index (χ4v) is 3.79. The standard InChI is InChI=1S/C25H28F3N3O2/c1-24(2,3)21(29-19-11-9-18(10-12-19)25(26,27)28)22-30-20(17-7-5-4-6-8-17)23(33-22)31-13-15-32-16-14-31/h4-12,21,29H,13-16H2,1-3H3/t21-/m0/s1. The van der Waals surface area contributed by atoms with E-state index in [2.05, 4.69) is 10.2 Å². The fraction of sp³-hybridized carbons (Fsp3) is 0.400. The molecule has 0 aliphatic carbocycles. The lowest BCUT2D eigenvalue weighted by Gasteiger charge is -2.30. The molecule has 0 amide bonds. The molecular weight excluding hydrogens is 431 g/mol. The van der Waals surface area contributed by atoms with Crippen LogP contribution < -0.4 is 10.2 Å². The Bertz CT molecular complexity index is 1050. The quantitative estimate of drug-likeness (QED) is 0.479. The number of halogens is 3. The molecule has 1 aromatic heterocycles. The van der Waals surface area contributed by atoms with Crippen molar-refractivity contribution >= 4 is 11.6 Å². The second kappa shape index (κ2) is 9.09. The summed E-state index contributed by atoms with van der Waals surface area (Å²) < 4.78 is 50.7. The average Bonchev–Trinajstić information content (AvgIpc) is 3.22. The molecule has 1 atom stereocenters. The van der Waals surface area contributed by atoms with E-state index in [1.807, 2.05) is 51.1 Å². The van der Waals surface area contributed by atoms with Gasteiger partial charge in [0.1, 0.15) is 11.7 Å². The van der Waals surface area contributed by atoms with E-state index >= 15 is 0 Å². The molecule has 3 aromatic rings. The van der Waals surface area contributed by atoms with Gasteiger partial charge in [-0.3, -0.25) is 0 Å². The molecule has 1 saturated heterocycles. The molecule has 0 unspecified atom stereocenters. The SMILES string of the molecule is CC(C)(C)[C@@H](Nc1ccc(C(F)(F)F)cc1)c1nc(-c2ccccc2)c(N2CCOCC2)o1. The molecule has 33 heavy (non-hydrogen) atoms. The Kier molecular flexibility index (Phi) is 6.38. The third-order valence-corrected chi connectivity index (χ3v) is 5.61. The highest BCUT2D eigenvalue weighted by Gasteiger charge is 2.34. The molecule has 5 nitrogen and oxygen atoms in total. The number of rotatable bonds is 5. The molecular formula is C25H28F3N3O2. The van der Waals surface area contributed by atoms with Crippen LogP contribution in [0.3, 0.4) is 0 Å². The molecule has 2 aromatic carbocycles. The van der Waals surface area contributed by atoms with Crippen molar-refractivity contribution < 1.29 is 22.3 Å². The van der Waals surface area contributed by atoms with Crippen LogP contribution in [0.5, 0.6) is 0 Å². The minimum atomic E-state index is -4.37. The predicted molar refractivity (Wildman–Crippen MR) is 122 cm³/mol. The van der Waals surface area contributed by atoms with Crippen LogP contribution in [0.2, 0.25) is 0 Å². The van der Waals surface area contributed by atoms with E-state index in [0.29, 0.717) is 43.8 Å². The summed E-state index contributed by atoms with van der Waals surface area (Å²) in [5.41, 5.74) is 1.24. The minimum absolute atomic E-state index is 0.330. The Hall–Kier alpha value is -3.00. The molecule has 4 rings (SSSR count). The lowest BCUT2D eigenvalue weighted by molar-refractivity contribution is -0.137. The van der Waals surface area contributed by atoms with E-state index in [0.717, 1.165) is 23.4 Å². The maximum atomic E-state index is 13.0. The number of oxazole rings is 1. The van der Waals surface area contributed by atoms with E-state index in [1.54, 1.807) is 0 Å². The van der Waals surface area contributed by atoms with Crippen LogP contribution in [0.1, 0.15) is 38.3 Å². The third-order valence-electron chi connectivity index (χ3n) is 5.61. The Morgan fingerprint density at radius 2 is 1.58 bits per heavy atom. The van der Waals surface area contributed by atoms with Gasteiger partial charge >= 0.3 is 6.18 Å². The van der Waals surface area contributed by atoms with Crippen molar-refractivity contribution in [3.05, 3.63) is 66.1 Å². The molecule has 2 heterocycles. The molecule has 0 spiro atoms. The number of hydrogen-bond donors (Lipinski definition) is 1. The van der Waals surface area contributed by atoms with E-state index in [1.165, 1.54) is 12.1 Å². The first-order valence-corrected chi connectivity index (χ1v) is 11.0. The van der Waals surface area contributed by atoms with Crippen molar-refractivity contribution in [1.82, 2.24) is 4.98 Å². The van der Waals surface area contributed by atoms with Crippen molar-refractivity contribution in [2.24, 2.45) is 5.41 Å². The van der Waals surface area contributed by atoms with E-state index in [-0.39, 0.29) is 11.5 Å². The molecule has 0 saturated carbocycles. The number of ether oxygens (including phenoxy) is 1. The van der Waals surface area contributed by atoms with Gasteiger partial charge in [0, 0.05) is 24.3 Å². The largest absolute Gasteiger partial charge is 0.422 e. The van der Waals surface area contributed by atoms with Gasteiger partial charge in [-0.2, -0.15) is 13.2 Å². The minimum Gasteiger partial charge on any atom is -0.422 e. The number of aromatic nitrogens is 1. The van der Waals surface area contributed by atoms with Crippen LogP contribution in [0.15, 0.2) is 59.0 Å². The number of nitrogens with one attached hydrogen (secondary N) is 1. The van der Waals surface area contributed by atoms with Gasteiger partial charge in [-0.1, -0.05) is 51.1 Å². The van der Waals surface area contributed by atoms with Gasteiger partial charge in [-0.15, -0.1) is 0 Å². The summed E-state index contributed by atoms with van der Waals surface area (Å²) in [6.45, 7) is 8.72. The monoisotopic (exact) mass is 459 g/mol. The van der Waals surface area contributed by atoms with E-state index in [9.17, 15) is 13.2 Å². The molecule has 1 fully saturated rings. The van der Waals surface area contributed by atoms with Crippen LogP contribution in [-0.4, -0.2) is 31.3 Å². The van der Waals surface area contributed by atoms with Crippen molar-refractivity contribution in [1.29, 1.82) is 0 Å². The van der Waals surface area contributed by atoms with Gasteiger partial charge < -0.3 is 19.4 Å². The van der Waals surface area contributed by atoms with Gasteiger partial charge in [0.15, 0.2) is 0 Å². The lowest BCUT2D eigenvalue weighted by atomic mass is 9.86. The Morgan fingerprint density at radius 3 is 2.15 bits per heavy atom. The smallest absolute Gasteiger partial charge is 0.416 e. The zero-order chi connectivity index (χ0) is 23.6. The Balaban J connectivity index is 1.71. The zero-order valence-electron chi connectivity index (χ0n) is 18.9. The normalized spacial score (nSPS) is 16.0. The van der Waals surface area contributed by atoms with Crippen LogP contribution >= 0.6 is 0 Å². The van der Waals surface area contributed by atoms with E-state index in [4.69, 9.17) is 14.1 Å². The number of morpholine rings is 1. The molecule has 1 N–H and O–H groups in total. The molecule has 1 aliphatic heterocycles. The number of anilines is 2. The van der Waals surface area contributed by atoms with Gasteiger partial charge in [0.2, 0.25) is 11.8 Å². The van der Waals surface area contributed by atoms with Crippen LogP contribution in [0.4, 0.5) is 24.7 Å². The first kappa shape index (κ1) is 23.2. The summed E-state index contributed by atoms with van der Waals surface area (Å²) in [5, 5.41) is 3.34. The molecule has 0 bridgehead atoms. The summed E-state index contributed by atoms with van der Waals surface area (Å²) in [6, 6.07) is 14.5. The van der Waals surface area contributed by atoms with Crippen molar-refractivity contribution in [3.8, 4) is 11.3 Å². The number of nitrogens with zero attached hydrogens (tertiary/aromatic N) is 2. The first-order valence-electron chi connectivity index (χ1n) is 11.0. The summed E-state index contributed by atoms with van der Waals surface area (Å²) in [5.74, 6) is 1.17. The summed E-state index contributed by atoms with van der Waals surface area (Å²) in [4.78, 5) is 7.01. The second-order valence-electron chi connectivity index (χ2n) is 9.19. The maximum absolute atomic E-state index is 13.0. The van der Waals surface area contributed by atoms with Crippen LogP contribution in [-0.2, 0) is 10.9 Å². The molecule has 8 heteroatoms. The van der Waals surface area contributed by atoms with Gasteiger partial charge in [0.05, 0.1) is 18.8 Å². The van der Waals surface area contributed by atoms with Gasteiger partial charge in [0.25, 0.3) is 0 Å². The fourth-order valence-electron chi connectivity index (χ4n) is 3.79. The second-order valence-corrected chi connectivity index (χ2v) is 9.19. The predicted octanol–water partition coefficient (Wildman–Crippen LogP) is 6.40. The van der Waals surface area contributed by atoms with Crippen molar-refractivity contribution in [2.45, 2.75) is 33.0 Å². The summed E-state index contributed by atoms with van der Waals surface area (Å²) in [7, 11) is 0. The van der Waals surface area contributed by atoms with Crippen molar-refractivity contribution in [2.75, 3.05) is 36.5 Å². The number of hydrogen-bond acceptors (Lipinski definition) is 5. The zero-order valence-corrected chi connectivity index (χ0v) is 18.9. The number of alkyl halides is 3. The van der Waals surface area contributed by atoms with Crippen molar-refractivity contribution in [3.63, 3.8) is 0 Å². The van der Waals surface area contributed by atoms with Crippen LogP contribution in [0.25, 0.3) is 11.3 Å². The first-order chi connectivity index (χ1) is 15.6. The topological polar surface area (TPSA) is 50.5 Å². The Labute approximate surface area is 191 Å². The molecule has 176 valence electrons. The summed E-state index contributed by atoms with van der Waals surface area (Å²) >= 11 is 0. The molecule has 1 aliphatic rings. The van der Waals surface area contributed by atoms with Gasteiger partial charge in [-0.25, -0.2) is 4.98 Å². The highest BCUT2D eigenvalue weighted by Crippen LogP contribution is 2.41. The Morgan fingerprint density at radius 1 is 0.939 bits per heavy atom. The summed E-state index contributed by atoms with van der Waals surface area (Å²) in [6.07, 6.45) is -4.37. The average molecular weight is 460 g/mol.